The van der Waals surface area contributed by atoms with Crippen molar-refractivity contribution in [1.29, 1.82) is 0 Å². The summed E-state index contributed by atoms with van der Waals surface area (Å²) in [5.74, 6) is 0.412. The molecule has 2 aromatic heterocycles. The molecule has 5 nitrogen and oxygen atoms in total. The van der Waals surface area contributed by atoms with Gasteiger partial charge in [0.2, 0.25) is 0 Å². The number of aryl methyl sites for hydroxylation is 1. The molecular weight excluding hydrogens is 260 g/mol. The van der Waals surface area contributed by atoms with Crippen LogP contribution in [-0.2, 0) is 0 Å². The van der Waals surface area contributed by atoms with E-state index in [9.17, 15) is 4.79 Å². The molecule has 6 heteroatoms. The highest BCUT2D eigenvalue weighted by Crippen LogP contribution is 2.33. The first-order valence-corrected chi connectivity index (χ1v) is 7.23. The standard InChI is InChI=1S/C13H16N4OS/c1-8-7-15-12(19-8)9(2)16-11-13(18)17(6-5-14-11)10-3-4-10/h5-7,9-10H,3-4H2,1-2H3,(H,14,16). The Morgan fingerprint density at radius 1 is 1.47 bits per heavy atom. The van der Waals surface area contributed by atoms with Gasteiger partial charge in [0.15, 0.2) is 5.82 Å². The van der Waals surface area contributed by atoms with Crippen LogP contribution in [0, 0.1) is 6.92 Å². The van der Waals surface area contributed by atoms with Gasteiger partial charge in [-0.2, -0.15) is 0 Å². The van der Waals surface area contributed by atoms with Gasteiger partial charge >= 0.3 is 0 Å². The number of nitrogens with one attached hydrogen (secondary N) is 1. The summed E-state index contributed by atoms with van der Waals surface area (Å²) >= 11 is 1.63. The van der Waals surface area contributed by atoms with Gasteiger partial charge in [-0.1, -0.05) is 0 Å². The van der Waals surface area contributed by atoms with Gasteiger partial charge < -0.3 is 9.88 Å². The highest BCUT2D eigenvalue weighted by atomic mass is 32.1. The number of aromatic nitrogens is 3. The fraction of sp³-hybridized carbons (Fsp3) is 0.462. The lowest BCUT2D eigenvalue weighted by molar-refractivity contribution is 0.696. The highest BCUT2D eigenvalue weighted by Gasteiger charge is 2.25. The van der Waals surface area contributed by atoms with Crippen LogP contribution >= 0.6 is 11.3 Å². The minimum absolute atomic E-state index is 0.00560. The Morgan fingerprint density at radius 3 is 2.89 bits per heavy atom. The van der Waals surface area contributed by atoms with Gasteiger partial charge in [0.05, 0.1) is 6.04 Å². The summed E-state index contributed by atoms with van der Waals surface area (Å²) in [7, 11) is 0. The lowest BCUT2D eigenvalue weighted by Crippen LogP contribution is -2.24. The zero-order valence-corrected chi connectivity index (χ0v) is 11.8. The van der Waals surface area contributed by atoms with Gasteiger partial charge in [-0.25, -0.2) is 9.97 Å². The van der Waals surface area contributed by atoms with Gasteiger partial charge in [0.1, 0.15) is 5.01 Å². The molecule has 0 spiro atoms. The van der Waals surface area contributed by atoms with Crippen molar-refractivity contribution in [2.24, 2.45) is 0 Å². The first-order chi connectivity index (χ1) is 9.15. The lowest BCUT2D eigenvalue weighted by Gasteiger charge is -2.12. The fourth-order valence-corrected chi connectivity index (χ4v) is 2.78. The molecule has 0 aliphatic heterocycles. The Labute approximate surface area is 115 Å². The first-order valence-electron chi connectivity index (χ1n) is 6.41. The Kier molecular flexibility index (Phi) is 3.10. The molecule has 1 atom stereocenters. The second kappa shape index (κ2) is 4.77. The first kappa shape index (κ1) is 12.3. The van der Waals surface area contributed by atoms with Crippen molar-refractivity contribution in [2.75, 3.05) is 5.32 Å². The third-order valence-corrected chi connectivity index (χ3v) is 4.27. The fourth-order valence-electron chi connectivity index (χ4n) is 2.00. The van der Waals surface area contributed by atoms with Crippen LogP contribution in [0.3, 0.4) is 0 Å². The molecule has 19 heavy (non-hydrogen) atoms. The number of nitrogens with zero attached hydrogens (tertiary/aromatic N) is 3. The third-order valence-electron chi connectivity index (χ3n) is 3.17. The van der Waals surface area contributed by atoms with Crippen LogP contribution in [0.4, 0.5) is 5.82 Å². The van der Waals surface area contributed by atoms with E-state index >= 15 is 0 Å². The number of hydrogen-bond acceptors (Lipinski definition) is 5. The van der Waals surface area contributed by atoms with E-state index in [4.69, 9.17) is 0 Å². The number of anilines is 1. The van der Waals surface area contributed by atoms with E-state index in [1.807, 2.05) is 20.0 Å². The molecule has 0 aromatic carbocycles. The average Bonchev–Trinajstić information content (AvgIpc) is 3.13. The number of thiazole rings is 1. The molecule has 1 unspecified atom stereocenters. The molecule has 1 aliphatic carbocycles. The monoisotopic (exact) mass is 276 g/mol. The zero-order valence-electron chi connectivity index (χ0n) is 11.0. The summed E-state index contributed by atoms with van der Waals surface area (Å²) in [4.78, 5) is 21.9. The summed E-state index contributed by atoms with van der Waals surface area (Å²) in [6.45, 7) is 4.02. The van der Waals surface area contributed by atoms with Crippen LogP contribution < -0.4 is 10.9 Å². The van der Waals surface area contributed by atoms with E-state index in [0.29, 0.717) is 11.9 Å². The molecular formula is C13H16N4OS. The van der Waals surface area contributed by atoms with Crippen molar-refractivity contribution in [3.8, 4) is 0 Å². The molecule has 1 N–H and O–H groups in total. The van der Waals surface area contributed by atoms with Crippen molar-refractivity contribution < 1.29 is 0 Å². The van der Waals surface area contributed by atoms with Crippen molar-refractivity contribution in [2.45, 2.75) is 38.8 Å². The van der Waals surface area contributed by atoms with E-state index in [1.165, 1.54) is 4.88 Å². The molecule has 0 saturated heterocycles. The maximum absolute atomic E-state index is 12.2. The van der Waals surface area contributed by atoms with Crippen molar-refractivity contribution in [1.82, 2.24) is 14.5 Å². The van der Waals surface area contributed by atoms with E-state index < -0.39 is 0 Å². The van der Waals surface area contributed by atoms with Crippen LogP contribution in [-0.4, -0.2) is 14.5 Å². The van der Waals surface area contributed by atoms with Gasteiger partial charge in [0.25, 0.3) is 5.56 Å². The van der Waals surface area contributed by atoms with Crippen molar-refractivity contribution in [3.63, 3.8) is 0 Å². The number of hydrogen-bond donors (Lipinski definition) is 1. The Morgan fingerprint density at radius 2 is 2.26 bits per heavy atom. The molecule has 0 bridgehead atoms. The molecule has 2 aromatic rings. The summed E-state index contributed by atoms with van der Waals surface area (Å²) in [6.07, 6.45) is 7.47. The second-order valence-electron chi connectivity index (χ2n) is 4.89. The van der Waals surface area contributed by atoms with E-state index in [2.05, 4.69) is 15.3 Å². The molecule has 0 amide bonds. The van der Waals surface area contributed by atoms with Crippen LogP contribution in [0.15, 0.2) is 23.4 Å². The van der Waals surface area contributed by atoms with Gasteiger partial charge in [-0.15, -0.1) is 11.3 Å². The van der Waals surface area contributed by atoms with Crippen LogP contribution in [0.25, 0.3) is 0 Å². The molecule has 1 aliphatic rings. The summed E-state index contributed by atoms with van der Waals surface area (Å²) < 4.78 is 1.77. The predicted octanol–water partition coefficient (Wildman–Crippen LogP) is 2.52. The lowest BCUT2D eigenvalue weighted by atomic mass is 10.3. The Hall–Kier alpha value is -1.69. The quantitative estimate of drug-likeness (QED) is 0.932. The van der Waals surface area contributed by atoms with Gasteiger partial charge in [-0.3, -0.25) is 4.79 Å². The van der Waals surface area contributed by atoms with Crippen LogP contribution in [0.1, 0.15) is 41.7 Å². The molecule has 1 fully saturated rings. The minimum atomic E-state index is -0.0369. The maximum atomic E-state index is 12.2. The third kappa shape index (κ3) is 2.53. The Bertz CT molecular complexity index is 644. The molecule has 1 saturated carbocycles. The average molecular weight is 276 g/mol. The smallest absolute Gasteiger partial charge is 0.293 e. The normalized spacial score (nSPS) is 16.3. The predicted molar refractivity (Wildman–Crippen MR) is 75.7 cm³/mol. The zero-order chi connectivity index (χ0) is 13.4. The van der Waals surface area contributed by atoms with Crippen LogP contribution in [0.2, 0.25) is 0 Å². The molecule has 2 heterocycles. The number of rotatable bonds is 4. The van der Waals surface area contributed by atoms with Gasteiger partial charge in [-0.05, 0) is 26.7 Å². The van der Waals surface area contributed by atoms with Crippen molar-refractivity contribution >= 4 is 17.2 Å². The molecule has 0 radical (unpaired) electrons. The largest absolute Gasteiger partial charge is 0.357 e. The van der Waals surface area contributed by atoms with E-state index in [-0.39, 0.29) is 11.6 Å². The minimum Gasteiger partial charge on any atom is -0.357 e. The summed E-state index contributed by atoms with van der Waals surface area (Å²) in [6, 6.07) is 0.363. The van der Waals surface area contributed by atoms with E-state index in [0.717, 1.165) is 17.8 Å². The Balaban J connectivity index is 1.83. The van der Waals surface area contributed by atoms with Crippen LogP contribution in [0.5, 0.6) is 0 Å². The molecule has 100 valence electrons. The van der Waals surface area contributed by atoms with Crippen molar-refractivity contribution in [3.05, 3.63) is 38.8 Å². The van der Waals surface area contributed by atoms with E-state index in [1.54, 1.807) is 28.3 Å². The highest BCUT2D eigenvalue weighted by molar-refractivity contribution is 7.11. The summed E-state index contributed by atoms with van der Waals surface area (Å²) in [5, 5.41) is 4.14. The van der Waals surface area contributed by atoms with Gasteiger partial charge in [0, 0.05) is 29.5 Å². The maximum Gasteiger partial charge on any atom is 0.293 e. The molecule has 3 rings (SSSR count). The topological polar surface area (TPSA) is 59.8 Å². The SMILES string of the molecule is Cc1cnc(C(C)Nc2nccn(C3CC3)c2=O)s1. The summed E-state index contributed by atoms with van der Waals surface area (Å²) in [5.41, 5.74) is -0.0369. The second-order valence-corrected chi connectivity index (χ2v) is 6.16.